The maximum absolute atomic E-state index is 10.9. The van der Waals surface area contributed by atoms with Crippen molar-refractivity contribution in [2.45, 2.75) is 38.5 Å². The van der Waals surface area contributed by atoms with Crippen molar-refractivity contribution in [3.05, 3.63) is 47.8 Å². The molecule has 0 unspecified atom stereocenters. The number of anilines is 1. The molecule has 0 amide bonds. The van der Waals surface area contributed by atoms with Crippen LogP contribution in [-0.4, -0.2) is 31.1 Å². The average molecular weight is 390 g/mol. The molecular weight excluding hydrogens is 368 g/mol. The van der Waals surface area contributed by atoms with Crippen molar-refractivity contribution in [2.75, 3.05) is 11.5 Å². The van der Waals surface area contributed by atoms with Gasteiger partial charge in [-0.2, -0.15) is 8.42 Å². The lowest BCUT2D eigenvalue weighted by atomic mass is 10.1. The van der Waals surface area contributed by atoms with Gasteiger partial charge in [-0.1, -0.05) is 24.3 Å². The second-order valence-electron chi connectivity index (χ2n) is 7.04. The van der Waals surface area contributed by atoms with E-state index in [1.165, 1.54) is 17.5 Å². The summed E-state index contributed by atoms with van der Waals surface area (Å²) in [6.45, 7) is 1.74. The molecule has 4 rings (SSSR count). The number of nitrogens with zero attached hydrogens (tertiary/aromatic N) is 3. The number of nitrogens with two attached hydrogens (primary N) is 1. The van der Waals surface area contributed by atoms with E-state index in [1.807, 2.05) is 18.2 Å². The topological polar surface area (TPSA) is 108 Å². The summed E-state index contributed by atoms with van der Waals surface area (Å²) < 4.78 is 32.5. The summed E-state index contributed by atoms with van der Waals surface area (Å²) in [5, 5.41) is 4.88. The third-order valence-corrected chi connectivity index (χ3v) is 5.51. The van der Waals surface area contributed by atoms with Crippen LogP contribution in [0.2, 0.25) is 0 Å². The zero-order valence-corrected chi connectivity index (χ0v) is 15.6. The smallest absolute Gasteiger partial charge is 0.333 e. The zero-order valence-electron chi connectivity index (χ0n) is 14.8. The molecule has 0 bridgehead atoms. The van der Waals surface area contributed by atoms with Crippen LogP contribution in [0.1, 0.15) is 30.4 Å². The molecule has 1 aliphatic heterocycles. The maximum atomic E-state index is 10.9. The molecule has 2 N–H and O–H groups in total. The van der Waals surface area contributed by atoms with Gasteiger partial charge in [0.15, 0.2) is 0 Å². The summed E-state index contributed by atoms with van der Waals surface area (Å²) in [4.78, 5) is 10.8. The van der Waals surface area contributed by atoms with Crippen molar-refractivity contribution < 1.29 is 17.3 Å². The first-order valence-electron chi connectivity index (χ1n) is 8.94. The highest BCUT2D eigenvalue weighted by molar-refractivity contribution is 7.84. The second kappa shape index (κ2) is 7.41. The highest BCUT2D eigenvalue weighted by Crippen LogP contribution is 2.31. The van der Waals surface area contributed by atoms with Gasteiger partial charge in [-0.05, 0) is 36.3 Å². The van der Waals surface area contributed by atoms with Crippen LogP contribution in [0.3, 0.4) is 0 Å². The molecule has 8 nitrogen and oxygen atoms in total. The Bertz CT molecular complexity index is 896. The summed E-state index contributed by atoms with van der Waals surface area (Å²) in [7, 11) is -3.89. The predicted octanol–water partition coefficient (Wildman–Crippen LogP) is 1.76. The van der Waals surface area contributed by atoms with Gasteiger partial charge in [0.25, 0.3) is 0 Å². The molecule has 0 spiro atoms. The van der Waals surface area contributed by atoms with E-state index in [-0.39, 0.29) is 18.6 Å². The minimum absolute atomic E-state index is 0.0161. The van der Waals surface area contributed by atoms with E-state index in [9.17, 15) is 8.42 Å². The third-order valence-electron chi connectivity index (χ3n) is 5.04. The number of ether oxygens (including phenoxy) is 1. The first kappa shape index (κ1) is 18.1. The van der Waals surface area contributed by atoms with Gasteiger partial charge in [-0.15, -0.1) is 0 Å². The van der Waals surface area contributed by atoms with Crippen molar-refractivity contribution in [1.29, 1.82) is 0 Å². The fraction of sp³-hybridized carbons (Fsp3) is 0.444. The van der Waals surface area contributed by atoms with Crippen LogP contribution in [0, 0.1) is 5.92 Å². The SMILES string of the molecule is NS(=O)(=O)OC[C@H]1CC[C@H](Oc2cc(N3Cc4ccccc4C3)ncn2)C1. The van der Waals surface area contributed by atoms with E-state index in [0.29, 0.717) is 12.3 Å². The summed E-state index contributed by atoms with van der Waals surface area (Å²) >= 11 is 0. The third kappa shape index (κ3) is 4.55. The van der Waals surface area contributed by atoms with Crippen LogP contribution in [0.5, 0.6) is 5.88 Å². The normalized spacial score (nSPS) is 22.0. The molecule has 0 radical (unpaired) electrons. The molecule has 144 valence electrons. The standard InChI is InChI=1S/C18H22N4O4S/c19-27(23,24)25-11-13-5-6-16(7-13)26-18-8-17(20-12-21-18)22-9-14-3-1-2-4-15(14)10-22/h1-4,8,12-13,16H,5-7,9-11H2,(H2,19,23,24)/t13-,16-/m0/s1. The second-order valence-corrected chi connectivity index (χ2v) is 8.26. The summed E-state index contributed by atoms with van der Waals surface area (Å²) in [6.07, 6.45) is 3.87. The number of hydrogen-bond acceptors (Lipinski definition) is 7. The lowest BCUT2D eigenvalue weighted by Gasteiger charge is -2.18. The van der Waals surface area contributed by atoms with Crippen LogP contribution >= 0.6 is 0 Å². The van der Waals surface area contributed by atoms with Crippen molar-refractivity contribution in [1.82, 2.24) is 9.97 Å². The Labute approximate surface area is 158 Å². The van der Waals surface area contributed by atoms with E-state index in [0.717, 1.165) is 31.7 Å². The maximum Gasteiger partial charge on any atom is 0.333 e. The number of benzene rings is 1. The summed E-state index contributed by atoms with van der Waals surface area (Å²) in [5.41, 5.74) is 2.62. The Morgan fingerprint density at radius 1 is 1.15 bits per heavy atom. The van der Waals surface area contributed by atoms with Gasteiger partial charge in [0.1, 0.15) is 18.2 Å². The average Bonchev–Trinajstić information content (AvgIpc) is 3.26. The van der Waals surface area contributed by atoms with Crippen molar-refractivity contribution in [2.24, 2.45) is 11.1 Å². The first-order valence-corrected chi connectivity index (χ1v) is 10.4. The van der Waals surface area contributed by atoms with Gasteiger partial charge in [-0.3, -0.25) is 4.18 Å². The largest absolute Gasteiger partial charge is 0.474 e. The molecule has 1 aliphatic carbocycles. The van der Waals surface area contributed by atoms with Gasteiger partial charge in [0.2, 0.25) is 5.88 Å². The summed E-state index contributed by atoms with van der Waals surface area (Å²) in [6, 6.07) is 10.2. The molecule has 2 aliphatic rings. The molecule has 1 aromatic heterocycles. The van der Waals surface area contributed by atoms with Crippen LogP contribution in [0.4, 0.5) is 5.82 Å². The minimum atomic E-state index is -3.89. The Morgan fingerprint density at radius 2 is 1.89 bits per heavy atom. The first-order chi connectivity index (χ1) is 13.0. The molecule has 2 aromatic rings. The highest BCUT2D eigenvalue weighted by Gasteiger charge is 2.28. The Morgan fingerprint density at radius 3 is 2.59 bits per heavy atom. The van der Waals surface area contributed by atoms with Gasteiger partial charge in [0, 0.05) is 19.2 Å². The molecule has 1 fully saturated rings. The highest BCUT2D eigenvalue weighted by atomic mass is 32.2. The fourth-order valence-corrected chi connectivity index (χ4v) is 4.09. The van der Waals surface area contributed by atoms with E-state index < -0.39 is 10.3 Å². The number of rotatable bonds is 6. The molecule has 9 heteroatoms. The quantitative estimate of drug-likeness (QED) is 0.801. The van der Waals surface area contributed by atoms with E-state index in [2.05, 4.69) is 27.0 Å². The Kier molecular flexibility index (Phi) is 4.98. The van der Waals surface area contributed by atoms with Gasteiger partial charge in [0.05, 0.1) is 6.61 Å². The number of fused-ring (bicyclic) bond motifs is 1. The molecule has 1 saturated carbocycles. The number of hydrogen-bond donors (Lipinski definition) is 1. The van der Waals surface area contributed by atoms with Crippen LogP contribution < -0.4 is 14.8 Å². The predicted molar refractivity (Wildman–Crippen MR) is 99.2 cm³/mol. The molecule has 2 atom stereocenters. The van der Waals surface area contributed by atoms with Gasteiger partial charge < -0.3 is 9.64 Å². The molecular formula is C18H22N4O4S. The van der Waals surface area contributed by atoms with Crippen molar-refractivity contribution in [3.63, 3.8) is 0 Å². The van der Waals surface area contributed by atoms with Gasteiger partial charge in [-0.25, -0.2) is 15.1 Å². The van der Waals surface area contributed by atoms with Crippen LogP contribution in [-0.2, 0) is 27.6 Å². The van der Waals surface area contributed by atoms with Crippen LogP contribution in [0.25, 0.3) is 0 Å². The molecule has 1 aromatic carbocycles. The summed E-state index contributed by atoms with van der Waals surface area (Å²) in [5.74, 6) is 1.49. The van der Waals surface area contributed by atoms with Gasteiger partial charge >= 0.3 is 10.3 Å². The molecule has 0 saturated heterocycles. The number of aromatic nitrogens is 2. The molecule has 2 heterocycles. The monoisotopic (exact) mass is 390 g/mol. The lowest BCUT2D eigenvalue weighted by Crippen LogP contribution is -2.21. The molecule has 27 heavy (non-hydrogen) atoms. The van der Waals surface area contributed by atoms with E-state index in [4.69, 9.17) is 14.1 Å². The van der Waals surface area contributed by atoms with E-state index >= 15 is 0 Å². The minimum Gasteiger partial charge on any atom is -0.474 e. The van der Waals surface area contributed by atoms with Crippen molar-refractivity contribution in [3.8, 4) is 5.88 Å². The lowest BCUT2D eigenvalue weighted by molar-refractivity contribution is 0.184. The Hall–Kier alpha value is -2.23. The zero-order chi connectivity index (χ0) is 18.9. The fourth-order valence-electron chi connectivity index (χ4n) is 3.71. The van der Waals surface area contributed by atoms with E-state index in [1.54, 1.807) is 0 Å². The van der Waals surface area contributed by atoms with Crippen LogP contribution in [0.15, 0.2) is 36.7 Å². The Balaban J connectivity index is 1.35. The van der Waals surface area contributed by atoms with Crippen molar-refractivity contribution >= 4 is 16.1 Å².